The highest BCUT2D eigenvalue weighted by Crippen LogP contribution is 2.22. The molecule has 0 unspecified atom stereocenters. The molecule has 34 heavy (non-hydrogen) atoms. The highest BCUT2D eigenvalue weighted by atomic mass is 35.5. The summed E-state index contributed by atoms with van der Waals surface area (Å²) in [6.45, 7) is 1.96. The lowest BCUT2D eigenvalue weighted by Crippen LogP contribution is -2.14. The Bertz CT molecular complexity index is 1420. The molecule has 0 spiro atoms. The van der Waals surface area contributed by atoms with Crippen LogP contribution in [-0.4, -0.2) is 16.8 Å². The highest BCUT2D eigenvalue weighted by Gasteiger charge is 2.12. The summed E-state index contributed by atoms with van der Waals surface area (Å²) in [6, 6.07) is 25.2. The molecule has 4 rings (SSSR count). The highest BCUT2D eigenvalue weighted by molar-refractivity contribution is 6.12. The van der Waals surface area contributed by atoms with Crippen LogP contribution in [0.1, 0.15) is 21.5 Å². The molecule has 0 bridgehead atoms. The molecule has 6 nitrogen and oxygen atoms in total. The molecule has 0 aliphatic heterocycles. The fourth-order valence-electron chi connectivity index (χ4n) is 3.33. The number of pyridine rings is 1. The molecule has 0 aliphatic carbocycles. The molecule has 1 aromatic heterocycles. The van der Waals surface area contributed by atoms with Gasteiger partial charge in [0.05, 0.1) is 11.2 Å². The van der Waals surface area contributed by atoms with E-state index >= 15 is 0 Å². The largest absolute Gasteiger partial charge is 0.322 e. The van der Waals surface area contributed by atoms with E-state index in [0.29, 0.717) is 22.5 Å². The first-order valence-electron chi connectivity index (χ1n) is 10.3. The van der Waals surface area contributed by atoms with Crippen LogP contribution in [-0.2, 0) is 4.79 Å². The van der Waals surface area contributed by atoms with Crippen LogP contribution in [0.4, 0.5) is 11.4 Å². The number of nitriles is 1. The zero-order chi connectivity index (χ0) is 23.2. The number of aryl methyl sites for hydroxylation is 1. The van der Waals surface area contributed by atoms with Gasteiger partial charge in [-0.1, -0.05) is 35.9 Å². The van der Waals surface area contributed by atoms with Crippen LogP contribution >= 0.6 is 12.4 Å². The lowest BCUT2D eigenvalue weighted by Gasteiger charge is -2.08. The molecule has 168 valence electrons. The predicted molar refractivity (Wildman–Crippen MR) is 137 cm³/mol. The van der Waals surface area contributed by atoms with Gasteiger partial charge in [0.25, 0.3) is 11.8 Å². The Balaban J connectivity index is 0.00000324. The molecule has 1 heterocycles. The van der Waals surface area contributed by atoms with E-state index in [1.165, 1.54) is 6.08 Å². The van der Waals surface area contributed by atoms with Crippen LogP contribution in [0.25, 0.3) is 17.0 Å². The van der Waals surface area contributed by atoms with Crippen LogP contribution in [0.5, 0.6) is 0 Å². The summed E-state index contributed by atoms with van der Waals surface area (Å²) in [7, 11) is 0. The van der Waals surface area contributed by atoms with E-state index in [-0.39, 0.29) is 23.9 Å². The summed E-state index contributed by atoms with van der Waals surface area (Å²) >= 11 is 0. The van der Waals surface area contributed by atoms with Crippen molar-refractivity contribution < 1.29 is 9.59 Å². The van der Waals surface area contributed by atoms with Gasteiger partial charge in [0.1, 0.15) is 11.6 Å². The Labute approximate surface area is 203 Å². The van der Waals surface area contributed by atoms with Gasteiger partial charge >= 0.3 is 0 Å². The summed E-state index contributed by atoms with van der Waals surface area (Å²) in [5.41, 5.74) is 4.05. The van der Waals surface area contributed by atoms with E-state index in [4.69, 9.17) is 0 Å². The molecule has 2 amide bonds. The second-order valence-electron chi connectivity index (χ2n) is 7.45. The standard InChI is InChI=1S/C27H20N4O2.ClH/c1-18-10-12-20(13-11-18)26(32)30-22-6-2-5-19(16-22)15-21(17-28)27(33)31-25-9-3-8-24-23(25)7-4-14-29-24;/h2-16H,1H3,(H,30,32)(H,31,33);1H. The van der Waals surface area contributed by atoms with Crippen LogP contribution in [0.15, 0.2) is 90.6 Å². The minimum atomic E-state index is -0.525. The summed E-state index contributed by atoms with van der Waals surface area (Å²) in [5, 5.41) is 16.0. The van der Waals surface area contributed by atoms with Crippen molar-refractivity contribution >= 4 is 52.6 Å². The third-order valence-corrected chi connectivity index (χ3v) is 5.03. The molecular weight excluding hydrogens is 448 g/mol. The number of anilines is 2. The van der Waals surface area contributed by atoms with E-state index in [9.17, 15) is 14.9 Å². The average molecular weight is 469 g/mol. The molecule has 3 aromatic carbocycles. The van der Waals surface area contributed by atoms with Crippen molar-refractivity contribution in [2.75, 3.05) is 10.6 Å². The van der Waals surface area contributed by atoms with Crippen LogP contribution in [0.2, 0.25) is 0 Å². The number of carbonyl (C=O) groups excluding carboxylic acids is 2. The van der Waals surface area contributed by atoms with Crippen LogP contribution < -0.4 is 10.6 Å². The molecule has 0 aliphatic rings. The summed E-state index contributed by atoms with van der Waals surface area (Å²) < 4.78 is 0. The van der Waals surface area contributed by atoms with Crippen molar-refractivity contribution in [1.29, 1.82) is 5.26 Å². The second kappa shape index (κ2) is 10.9. The number of halogens is 1. The molecule has 0 saturated carbocycles. The fraction of sp³-hybridized carbons (Fsp3) is 0.0370. The number of benzene rings is 3. The monoisotopic (exact) mass is 468 g/mol. The van der Waals surface area contributed by atoms with Gasteiger partial charge < -0.3 is 10.6 Å². The van der Waals surface area contributed by atoms with Gasteiger partial charge in [0.2, 0.25) is 0 Å². The number of hydrogen-bond acceptors (Lipinski definition) is 4. The quantitative estimate of drug-likeness (QED) is 0.287. The number of rotatable bonds is 5. The summed E-state index contributed by atoms with van der Waals surface area (Å²) in [4.78, 5) is 29.5. The third kappa shape index (κ3) is 5.66. The predicted octanol–water partition coefficient (Wildman–Crippen LogP) is 5.76. The minimum Gasteiger partial charge on any atom is -0.322 e. The zero-order valence-electron chi connectivity index (χ0n) is 18.3. The lowest BCUT2D eigenvalue weighted by molar-refractivity contribution is -0.112. The maximum absolute atomic E-state index is 12.8. The fourth-order valence-corrected chi connectivity index (χ4v) is 3.33. The molecule has 4 aromatic rings. The smallest absolute Gasteiger partial charge is 0.266 e. The van der Waals surface area contributed by atoms with Gasteiger partial charge in [-0.3, -0.25) is 14.6 Å². The van der Waals surface area contributed by atoms with Gasteiger partial charge in [-0.15, -0.1) is 12.4 Å². The van der Waals surface area contributed by atoms with Crippen LogP contribution in [0, 0.1) is 18.3 Å². The van der Waals surface area contributed by atoms with Gasteiger partial charge in [-0.2, -0.15) is 5.26 Å². The van der Waals surface area contributed by atoms with Crippen LogP contribution in [0.3, 0.4) is 0 Å². The number of carbonyl (C=O) groups is 2. The van der Waals surface area contributed by atoms with Crippen molar-refractivity contribution in [3.63, 3.8) is 0 Å². The Hall–Kier alpha value is -4.47. The van der Waals surface area contributed by atoms with Crippen molar-refractivity contribution in [3.05, 3.63) is 107 Å². The zero-order valence-corrected chi connectivity index (χ0v) is 19.1. The second-order valence-corrected chi connectivity index (χ2v) is 7.45. The molecule has 2 N–H and O–H groups in total. The first-order chi connectivity index (χ1) is 16.0. The van der Waals surface area contributed by atoms with E-state index in [1.54, 1.807) is 60.8 Å². The molecule has 0 fully saturated rings. The first kappa shape index (κ1) is 24.2. The molecule has 0 atom stereocenters. The Morgan fingerprint density at radius 1 is 0.941 bits per heavy atom. The van der Waals surface area contributed by atoms with E-state index < -0.39 is 5.91 Å². The van der Waals surface area contributed by atoms with Crippen molar-refractivity contribution in [2.24, 2.45) is 0 Å². The topological polar surface area (TPSA) is 94.9 Å². The maximum atomic E-state index is 12.8. The molecule has 0 radical (unpaired) electrons. The van der Waals surface area contributed by atoms with Gasteiger partial charge in [0, 0.05) is 22.8 Å². The van der Waals surface area contributed by atoms with Crippen molar-refractivity contribution in [3.8, 4) is 6.07 Å². The number of amides is 2. The molecule has 7 heteroatoms. The van der Waals surface area contributed by atoms with E-state index in [1.807, 2.05) is 37.3 Å². The van der Waals surface area contributed by atoms with Gasteiger partial charge in [-0.05, 0) is 67.1 Å². The number of fused-ring (bicyclic) bond motifs is 1. The number of nitrogens with zero attached hydrogens (tertiary/aromatic N) is 2. The maximum Gasteiger partial charge on any atom is 0.266 e. The lowest BCUT2D eigenvalue weighted by atomic mass is 10.1. The summed E-state index contributed by atoms with van der Waals surface area (Å²) in [5.74, 6) is -0.762. The first-order valence-corrected chi connectivity index (χ1v) is 10.3. The van der Waals surface area contributed by atoms with E-state index in [0.717, 1.165) is 16.5 Å². The van der Waals surface area contributed by atoms with Crippen molar-refractivity contribution in [1.82, 2.24) is 4.98 Å². The van der Waals surface area contributed by atoms with Gasteiger partial charge in [0.15, 0.2) is 0 Å². The minimum absolute atomic E-state index is 0. The number of aromatic nitrogens is 1. The Morgan fingerprint density at radius 2 is 1.71 bits per heavy atom. The number of nitrogens with one attached hydrogen (secondary N) is 2. The SMILES string of the molecule is Cc1ccc(C(=O)Nc2cccc(C=C(C#N)C(=O)Nc3cccc4ncccc34)c2)cc1.Cl. The number of hydrogen-bond donors (Lipinski definition) is 2. The van der Waals surface area contributed by atoms with Gasteiger partial charge in [-0.25, -0.2) is 0 Å². The van der Waals surface area contributed by atoms with Crippen molar-refractivity contribution in [2.45, 2.75) is 6.92 Å². The third-order valence-electron chi connectivity index (χ3n) is 5.03. The molecular formula is C27H21ClN4O2. The van der Waals surface area contributed by atoms with E-state index in [2.05, 4.69) is 15.6 Å². The average Bonchev–Trinajstić information content (AvgIpc) is 2.83. The Morgan fingerprint density at radius 3 is 2.47 bits per heavy atom. The molecule has 0 saturated heterocycles. The Kier molecular flexibility index (Phi) is 7.75. The summed E-state index contributed by atoms with van der Waals surface area (Å²) in [6.07, 6.45) is 3.17. The normalized spacial score (nSPS) is 10.6.